The van der Waals surface area contributed by atoms with Crippen molar-refractivity contribution < 1.29 is 31.4 Å². The van der Waals surface area contributed by atoms with E-state index in [1.807, 2.05) is 6.92 Å². The molecule has 2 N–H and O–H groups in total. The topological polar surface area (TPSA) is 32.3 Å². The Labute approximate surface area is 126 Å². The van der Waals surface area contributed by atoms with E-state index in [-0.39, 0.29) is 10.1 Å². The molecule has 1 aliphatic heterocycles. The number of hydrogen-bond acceptors (Lipinski definition) is 3. The molecule has 0 saturated carbocycles. The second-order valence-corrected chi connectivity index (χ2v) is 6.29. The molecule has 1 atom stereocenters. The minimum absolute atomic E-state index is 0.0487. The lowest BCUT2D eigenvalue weighted by Gasteiger charge is -2.34. The van der Waals surface area contributed by atoms with Gasteiger partial charge in [0.15, 0.2) is 0 Å². The van der Waals surface area contributed by atoms with Crippen LogP contribution in [-0.4, -0.2) is 29.3 Å². The van der Waals surface area contributed by atoms with Crippen LogP contribution in [0.4, 0.5) is 32.0 Å². The minimum Gasteiger partial charge on any atom is -0.383 e. The highest BCUT2D eigenvalue weighted by Gasteiger charge is 2.71. The molecule has 2 nitrogen and oxygen atoms in total. The SMILES string of the molecule is CCC1CNc2ccc(C(O)(C(F)(F)F)C(F)(F)F)cc2S1. The van der Waals surface area contributed by atoms with Gasteiger partial charge in [0.2, 0.25) is 0 Å². The number of benzene rings is 1. The predicted octanol–water partition coefficient (Wildman–Crippen LogP) is 4.30. The Hall–Kier alpha value is -1.09. The maximum absolute atomic E-state index is 12.9. The Balaban J connectivity index is 2.52. The van der Waals surface area contributed by atoms with Gasteiger partial charge in [0.25, 0.3) is 5.60 Å². The van der Waals surface area contributed by atoms with Gasteiger partial charge in [-0.1, -0.05) is 13.0 Å². The molecule has 2 rings (SSSR count). The van der Waals surface area contributed by atoms with E-state index in [0.717, 1.165) is 12.1 Å². The van der Waals surface area contributed by atoms with E-state index in [9.17, 15) is 31.4 Å². The second kappa shape index (κ2) is 5.52. The van der Waals surface area contributed by atoms with E-state index in [1.54, 1.807) is 0 Å². The molecule has 1 heterocycles. The molecule has 0 radical (unpaired) electrons. The molecular weight excluding hydrogens is 332 g/mol. The molecule has 0 amide bonds. The molecule has 0 aromatic heterocycles. The molecule has 1 aromatic carbocycles. The van der Waals surface area contributed by atoms with Gasteiger partial charge in [0.1, 0.15) is 0 Å². The Bertz CT molecular complexity index is 542. The van der Waals surface area contributed by atoms with Crippen LogP contribution in [0.3, 0.4) is 0 Å². The Kier molecular flexibility index (Phi) is 4.33. The van der Waals surface area contributed by atoms with E-state index in [2.05, 4.69) is 5.32 Å². The van der Waals surface area contributed by atoms with Crippen LogP contribution in [0.15, 0.2) is 23.1 Å². The summed E-state index contributed by atoms with van der Waals surface area (Å²) in [6.45, 7) is 2.45. The number of hydrogen-bond donors (Lipinski definition) is 2. The van der Waals surface area contributed by atoms with Gasteiger partial charge in [-0.05, 0) is 18.6 Å². The molecule has 22 heavy (non-hydrogen) atoms. The highest BCUT2D eigenvalue weighted by Crippen LogP contribution is 2.51. The molecule has 1 aliphatic rings. The van der Waals surface area contributed by atoms with Crippen LogP contribution >= 0.6 is 11.8 Å². The first-order valence-corrected chi connectivity index (χ1v) is 7.29. The Morgan fingerprint density at radius 3 is 2.27 bits per heavy atom. The average Bonchev–Trinajstić information content (AvgIpc) is 2.42. The zero-order valence-electron chi connectivity index (χ0n) is 11.3. The number of nitrogens with one attached hydrogen (secondary N) is 1. The molecule has 0 aliphatic carbocycles. The van der Waals surface area contributed by atoms with E-state index >= 15 is 0 Å². The first kappa shape index (κ1) is 17.3. The second-order valence-electron chi connectivity index (χ2n) is 4.95. The predicted molar refractivity (Wildman–Crippen MR) is 70.9 cm³/mol. The van der Waals surface area contributed by atoms with Gasteiger partial charge in [0, 0.05) is 27.9 Å². The minimum atomic E-state index is -5.86. The van der Waals surface area contributed by atoms with Crippen molar-refractivity contribution >= 4 is 17.4 Å². The van der Waals surface area contributed by atoms with Crippen LogP contribution in [-0.2, 0) is 5.60 Å². The third-order valence-corrected chi connectivity index (χ3v) is 4.91. The molecule has 9 heteroatoms. The van der Waals surface area contributed by atoms with E-state index in [4.69, 9.17) is 0 Å². The van der Waals surface area contributed by atoms with Gasteiger partial charge in [-0.25, -0.2) is 0 Å². The van der Waals surface area contributed by atoms with Crippen LogP contribution < -0.4 is 5.32 Å². The smallest absolute Gasteiger partial charge is 0.383 e. The van der Waals surface area contributed by atoms with Crippen molar-refractivity contribution in [2.75, 3.05) is 11.9 Å². The molecule has 0 fully saturated rings. The third-order valence-electron chi connectivity index (χ3n) is 3.49. The standard InChI is InChI=1S/C13H13F6NOS/c1-2-8-6-20-9-4-3-7(5-10(9)22-8)11(21,12(14,15)16)13(17,18)19/h3-5,8,20-21H,2,6H2,1H3. The van der Waals surface area contributed by atoms with Gasteiger partial charge >= 0.3 is 12.4 Å². The summed E-state index contributed by atoms with van der Waals surface area (Å²) in [4.78, 5) is 0.266. The fourth-order valence-electron chi connectivity index (χ4n) is 2.15. The van der Waals surface area contributed by atoms with Crippen molar-refractivity contribution in [3.05, 3.63) is 23.8 Å². The monoisotopic (exact) mass is 345 g/mol. The van der Waals surface area contributed by atoms with Gasteiger partial charge in [0.05, 0.1) is 0 Å². The van der Waals surface area contributed by atoms with Crippen molar-refractivity contribution in [3.8, 4) is 0 Å². The first-order chi connectivity index (χ1) is 10.0. The van der Waals surface area contributed by atoms with Crippen LogP contribution in [0.25, 0.3) is 0 Å². The van der Waals surface area contributed by atoms with Gasteiger partial charge < -0.3 is 10.4 Å². The van der Waals surface area contributed by atoms with Crippen molar-refractivity contribution in [3.63, 3.8) is 0 Å². The molecule has 1 unspecified atom stereocenters. The molecule has 1 aromatic rings. The first-order valence-electron chi connectivity index (χ1n) is 6.41. The fraction of sp³-hybridized carbons (Fsp3) is 0.538. The summed E-state index contributed by atoms with van der Waals surface area (Å²) in [5.74, 6) is 0. The fourth-order valence-corrected chi connectivity index (χ4v) is 3.31. The zero-order chi connectivity index (χ0) is 16.8. The summed E-state index contributed by atoms with van der Waals surface area (Å²) >= 11 is 1.20. The molecule has 0 saturated heterocycles. The molecular formula is C13H13F6NOS. The average molecular weight is 345 g/mol. The van der Waals surface area contributed by atoms with Crippen molar-refractivity contribution in [1.29, 1.82) is 0 Å². The van der Waals surface area contributed by atoms with E-state index in [0.29, 0.717) is 24.7 Å². The normalized spacial score (nSPS) is 19.5. The highest BCUT2D eigenvalue weighted by atomic mass is 32.2. The summed E-state index contributed by atoms with van der Waals surface area (Å²) in [7, 11) is 0. The number of fused-ring (bicyclic) bond motifs is 1. The van der Waals surface area contributed by atoms with Crippen LogP contribution in [0.1, 0.15) is 18.9 Å². The number of rotatable bonds is 2. The number of aliphatic hydroxyl groups is 1. The largest absolute Gasteiger partial charge is 0.430 e. The maximum atomic E-state index is 12.9. The lowest BCUT2D eigenvalue weighted by molar-refractivity contribution is -0.376. The Morgan fingerprint density at radius 2 is 1.77 bits per heavy atom. The number of thioether (sulfide) groups is 1. The summed E-state index contributed by atoms with van der Waals surface area (Å²) in [5, 5.41) is 12.4. The highest BCUT2D eigenvalue weighted by molar-refractivity contribution is 8.00. The van der Waals surface area contributed by atoms with E-state index in [1.165, 1.54) is 11.8 Å². The maximum Gasteiger partial charge on any atom is 0.430 e. The van der Waals surface area contributed by atoms with Crippen LogP contribution in [0, 0.1) is 0 Å². The van der Waals surface area contributed by atoms with Crippen LogP contribution in [0.5, 0.6) is 0 Å². The van der Waals surface area contributed by atoms with Gasteiger partial charge in [-0.3, -0.25) is 0 Å². The molecule has 0 bridgehead atoms. The quantitative estimate of drug-likeness (QED) is 0.784. The lowest BCUT2D eigenvalue weighted by Crippen LogP contribution is -2.53. The van der Waals surface area contributed by atoms with Crippen molar-refractivity contribution in [2.45, 2.75) is 41.4 Å². The number of halogens is 6. The van der Waals surface area contributed by atoms with Crippen molar-refractivity contribution in [2.24, 2.45) is 0 Å². The van der Waals surface area contributed by atoms with Crippen molar-refractivity contribution in [1.82, 2.24) is 0 Å². The number of anilines is 1. The summed E-state index contributed by atoms with van der Waals surface area (Å²) < 4.78 is 77.2. The van der Waals surface area contributed by atoms with Gasteiger partial charge in [-0.15, -0.1) is 11.8 Å². The number of alkyl halides is 6. The summed E-state index contributed by atoms with van der Waals surface area (Å²) in [5.41, 5.74) is -5.64. The third kappa shape index (κ3) is 2.76. The van der Waals surface area contributed by atoms with Gasteiger partial charge in [-0.2, -0.15) is 26.3 Å². The Morgan fingerprint density at radius 1 is 1.18 bits per heavy atom. The van der Waals surface area contributed by atoms with Crippen LogP contribution in [0.2, 0.25) is 0 Å². The molecule has 124 valence electrons. The summed E-state index contributed by atoms with van der Waals surface area (Å²) in [6.07, 6.45) is -11.0. The zero-order valence-corrected chi connectivity index (χ0v) is 12.2. The molecule has 0 spiro atoms. The summed E-state index contributed by atoms with van der Waals surface area (Å²) in [6, 6.07) is 2.54. The lowest BCUT2D eigenvalue weighted by atomic mass is 9.92. The van der Waals surface area contributed by atoms with E-state index < -0.39 is 23.5 Å².